The zero-order valence-electron chi connectivity index (χ0n) is 11.6. The van der Waals surface area contributed by atoms with Crippen LogP contribution in [-0.4, -0.2) is 33.8 Å². The van der Waals surface area contributed by atoms with Gasteiger partial charge in [-0.3, -0.25) is 0 Å². The zero-order valence-corrected chi connectivity index (χ0v) is 13.2. The van der Waals surface area contributed by atoms with E-state index in [9.17, 15) is 0 Å². The van der Waals surface area contributed by atoms with Gasteiger partial charge in [-0.2, -0.15) is 10.3 Å². The van der Waals surface area contributed by atoms with Gasteiger partial charge in [-0.15, -0.1) is 27.7 Å². The Morgan fingerprint density at radius 2 is 2.23 bits per heavy atom. The Morgan fingerprint density at radius 1 is 1.45 bits per heavy atom. The van der Waals surface area contributed by atoms with E-state index in [4.69, 9.17) is 22.5 Å². The van der Waals surface area contributed by atoms with E-state index in [0.717, 1.165) is 15.6 Å². The second-order valence-electron chi connectivity index (χ2n) is 4.10. The van der Waals surface area contributed by atoms with Crippen molar-refractivity contribution in [3.8, 4) is 16.8 Å². The molecule has 0 aliphatic heterocycles. The second-order valence-corrected chi connectivity index (χ2v) is 6.05. The highest BCUT2D eigenvalue weighted by atomic mass is 32.1. The number of rotatable bonds is 4. The highest BCUT2D eigenvalue weighted by Gasteiger charge is 2.11. The van der Waals surface area contributed by atoms with Gasteiger partial charge in [0.15, 0.2) is 5.96 Å². The molecule has 2 aromatic rings. The molecule has 2 aromatic heterocycles. The monoisotopic (exact) mass is 335 g/mol. The van der Waals surface area contributed by atoms with Crippen molar-refractivity contribution in [2.45, 2.75) is 6.54 Å². The van der Waals surface area contributed by atoms with E-state index in [1.165, 1.54) is 22.7 Å². The SMILES string of the molecule is CN(Cc1ncc(-c2csc(N=C(N)N)n2)s1)C(N)=NC#N. The van der Waals surface area contributed by atoms with Crippen LogP contribution in [0, 0.1) is 11.5 Å². The molecule has 0 aliphatic carbocycles. The Bertz CT molecular complexity index is 748. The first-order chi connectivity index (χ1) is 10.5. The van der Waals surface area contributed by atoms with Crippen molar-refractivity contribution < 1.29 is 0 Å². The zero-order chi connectivity index (χ0) is 16.1. The van der Waals surface area contributed by atoms with Gasteiger partial charge in [0.25, 0.3) is 0 Å². The molecule has 0 fully saturated rings. The third kappa shape index (κ3) is 3.90. The minimum Gasteiger partial charge on any atom is -0.370 e. The van der Waals surface area contributed by atoms with Crippen molar-refractivity contribution >= 4 is 39.7 Å². The van der Waals surface area contributed by atoms with Gasteiger partial charge < -0.3 is 22.1 Å². The predicted molar refractivity (Wildman–Crippen MR) is 87.4 cm³/mol. The Morgan fingerprint density at radius 3 is 2.91 bits per heavy atom. The molecule has 0 saturated carbocycles. The molecule has 0 amide bonds. The summed E-state index contributed by atoms with van der Waals surface area (Å²) < 4.78 is 0. The molecule has 0 unspecified atom stereocenters. The summed E-state index contributed by atoms with van der Waals surface area (Å²) in [5, 5.41) is 11.6. The van der Waals surface area contributed by atoms with Crippen LogP contribution in [-0.2, 0) is 6.54 Å². The Balaban J connectivity index is 2.12. The quantitative estimate of drug-likeness (QED) is 0.414. The normalized spacial score (nSPS) is 11.0. The average molecular weight is 335 g/mol. The van der Waals surface area contributed by atoms with Crippen molar-refractivity contribution in [1.82, 2.24) is 14.9 Å². The van der Waals surface area contributed by atoms with Crippen molar-refractivity contribution in [3.63, 3.8) is 0 Å². The number of aliphatic imine (C=N–C) groups is 2. The fraction of sp³-hybridized carbons (Fsp3) is 0.182. The molecule has 0 spiro atoms. The lowest BCUT2D eigenvalue weighted by atomic mass is 10.4. The van der Waals surface area contributed by atoms with Gasteiger partial charge in [0.05, 0.1) is 17.1 Å². The molecule has 22 heavy (non-hydrogen) atoms. The van der Waals surface area contributed by atoms with E-state index in [2.05, 4.69) is 20.0 Å². The fourth-order valence-electron chi connectivity index (χ4n) is 1.46. The lowest BCUT2D eigenvalue weighted by Gasteiger charge is -2.14. The van der Waals surface area contributed by atoms with Crippen molar-refractivity contribution in [2.24, 2.45) is 27.2 Å². The average Bonchev–Trinajstić information content (AvgIpc) is 3.07. The van der Waals surface area contributed by atoms with Crippen LogP contribution in [0.2, 0.25) is 0 Å². The molecule has 0 atom stereocenters. The molecule has 11 heteroatoms. The maximum atomic E-state index is 8.48. The number of aromatic nitrogens is 2. The molecule has 2 heterocycles. The third-order valence-corrected chi connectivity index (χ3v) is 4.19. The Kier molecular flexibility index (Phi) is 4.87. The summed E-state index contributed by atoms with van der Waals surface area (Å²) in [6.45, 7) is 0.451. The topological polar surface area (TPSA) is 156 Å². The predicted octanol–water partition coefficient (Wildman–Crippen LogP) is 0.399. The van der Waals surface area contributed by atoms with Gasteiger partial charge in [-0.05, 0) is 0 Å². The van der Waals surface area contributed by atoms with E-state index < -0.39 is 0 Å². The maximum absolute atomic E-state index is 8.48. The molecule has 0 saturated heterocycles. The van der Waals surface area contributed by atoms with Crippen molar-refractivity contribution in [3.05, 3.63) is 16.6 Å². The summed E-state index contributed by atoms with van der Waals surface area (Å²) in [6, 6.07) is 0. The summed E-state index contributed by atoms with van der Waals surface area (Å²) in [4.78, 5) is 18.5. The van der Waals surface area contributed by atoms with E-state index >= 15 is 0 Å². The molecular formula is C11H13N9S2. The van der Waals surface area contributed by atoms with Gasteiger partial charge in [-0.25, -0.2) is 9.97 Å². The van der Waals surface area contributed by atoms with Crippen LogP contribution in [0.3, 0.4) is 0 Å². The lowest BCUT2D eigenvalue weighted by Crippen LogP contribution is -2.33. The smallest absolute Gasteiger partial charge is 0.212 e. The number of nitrogens with zero attached hydrogens (tertiary/aromatic N) is 6. The summed E-state index contributed by atoms with van der Waals surface area (Å²) in [6.07, 6.45) is 3.37. The van der Waals surface area contributed by atoms with Gasteiger partial charge in [0.1, 0.15) is 5.01 Å². The maximum Gasteiger partial charge on any atom is 0.212 e. The molecular weight excluding hydrogens is 322 g/mol. The summed E-state index contributed by atoms with van der Waals surface area (Å²) in [5.41, 5.74) is 17.0. The second kappa shape index (κ2) is 6.83. The number of nitriles is 1. The fourth-order valence-corrected chi connectivity index (χ4v) is 3.17. The standard InChI is InChI=1S/C11H13N9S2/c1-20(10(15)17-5-12)3-8-16-2-7(22-8)6-4-21-11(18-6)19-9(13)14/h2,4H,3H2,1H3,(H2,15,17)(H4,13,14,18,19). The number of hydrogen-bond donors (Lipinski definition) is 3. The molecule has 0 aromatic carbocycles. The van der Waals surface area contributed by atoms with Gasteiger partial charge >= 0.3 is 0 Å². The van der Waals surface area contributed by atoms with Gasteiger partial charge in [0.2, 0.25) is 17.3 Å². The number of hydrogen-bond acceptors (Lipinski definition) is 7. The minimum atomic E-state index is -0.0280. The molecule has 9 nitrogen and oxygen atoms in total. The minimum absolute atomic E-state index is 0.0280. The third-order valence-electron chi connectivity index (χ3n) is 2.45. The molecule has 114 valence electrons. The lowest BCUT2D eigenvalue weighted by molar-refractivity contribution is 0.493. The van der Waals surface area contributed by atoms with Crippen molar-refractivity contribution in [1.29, 1.82) is 5.26 Å². The largest absolute Gasteiger partial charge is 0.370 e. The first-order valence-corrected chi connectivity index (χ1v) is 7.63. The van der Waals surface area contributed by atoms with E-state index in [0.29, 0.717) is 11.7 Å². The Hall–Kier alpha value is -2.71. The molecule has 0 radical (unpaired) electrons. The molecule has 2 rings (SSSR count). The van der Waals surface area contributed by atoms with E-state index in [1.54, 1.807) is 24.3 Å². The Labute approximate surface area is 134 Å². The van der Waals surface area contributed by atoms with Crippen LogP contribution in [0.5, 0.6) is 0 Å². The van der Waals surface area contributed by atoms with Crippen LogP contribution in [0.1, 0.15) is 5.01 Å². The first kappa shape index (κ1) is 15.7. The highest BCUT2D eigenvalue weighted by molar-refractivity contribution is 7.16. The molecule has 0 bridgehead atoms. The summed E-state index contributed by atoms with van der Waals surface area (Å²) in [5.74, 6) is 0.114. The summed E-state index contributed by atoms with van der Waals surface area (Å²) in [7, 11) is 1.73. The summed E-state index contributed by atoms with van der Waals surface area (Å²) >= 11 is 2.81. The van der Waals surface area contributed by atoms with Crippen LogP contribution in [0.25, 0.3) is 10.6 Å². The highest BCUT2D eigenvalue weighted by Crippen LogP contribution is 2.30. The van der Waals surface area contributed by atoms with E-state index in [-0.39, 0.29) is 11.9 Å². The van der Waals surface area contributed by atoms with Crippen LogP contribution >= 0.6 is 22.7 Å². The molecule has 0 aliphatic rings. The van der Waals surface area contributed by atoms with Crippen LogP contribution in [0.15, 0.2) is 21.6 Å². The number of guanidine groups is 2. The first-order valence-electron chi connectivity index (χ1n) is 5.93. The van der Waals surface area contributed by atoms with Gasteiger partial charge in [-0.1, -0.05) is 0 Å². The van der Waals surface area contributed by atoms with Crippen LogP contribution < -0.4 is 17.2 Å². The number of nitrogens with two attached hydrogens (primary N) is 3. The van der Waals surface area contributed by atoms with Crippen molar-refractivity contribution in [2.75, 3.05) is 7.05 Å². The number of thiazole rings is 2. The molecule has 6 N–H and O–H groups in total. The van der Waals surface area contributed by atoms with E-state index in [1.807, 2.05) is 5.38 Å². The van der Waals surface area contributed by atoms with Gasteiger partial charge in [0, 0.05) is 18.6 Å². The van der Waals surface area contributed by atoms with Crippen LogP contribution in [0.4, 0.5) is 5.13 Å².